The van der Waals surface area contributed by atoms with Crippen LogP contribution in [0.5, 0.6) is 0 Å². The van der Waals surface area contributed by atoms with Crippen LogP contribution >= 0.6 is 34.2 Å². The van der Waals surface area contributed by atoms with Gasteiger partial charge in [-0.2, -0.15) is 4.72 Å². The molecule has 10 heteroatoms. The molecule has 0 atom stereocenters. The molecule has 2 aromatic rings. The molecule has 1 N–H and O–H groups in total. The summed E-state index contributed by atoms with van der Waals surface area (Å²) in [6.45, 7) is 0. The van der Waals surface area contributed by atoms with Gasteiger partial charge in [0.05, 0.1) is 16.0 Å². The normalized spacial score (nSPS) is 17.6. The molecule has 2 heterocycles. The minimum absolute atomic E-state index is 0.129. The van der Waals surface area contributed by atoms with Crippen LogP contribution in [0, 0.1) is 3.70 Å². The van der Waals surface area contributed by atoms with E-state index in [9.17, 15) is 17.2 Å². The fourth-order valence-corrected chi connectivity index (χ4v) is 4.32. The molecule has 5 nitrogen and oxygen atoms in total. The average molecular weight is 448 g/mol. The molecule has 0 unspecified atom stereocenters. The largest absolute Gasteiger partial charge is 0.288 e. The standard InChI is InChI=1S/C11H9ClF2IN3O2S/c12-8-4-6(3-7-9(15)16-5-18(7)8)21(19,20)17-11(1-2-11)10(13)14/h3-5,10,17H,1-2H2. The Morgan fingerprint density at radius 3 is 2.67 bits per heavy atom. The van der Waals surface area contributed by atoms with Crippen molar-refractivity contribution in [3.63, 3.8) is 0 Å². The van der Waals surface area contributed by atoms with Crippen molar-refractivity contribution in [1.29, 1.82) is 0 Å². The van der Waals surface area contributed by atoms with Crippen molar-refractivity contribution < 1.29 is 17.2 Å². The molecule has 1 aliphatic rings. The van der Waals surface area contributed by atoms with Gasteiger partial charge in [-0.05, 0) is 47.6 Å². The second-order valence-corrected chi connectivity index (χ2v) is 7.96. The fraction of sp³-hybridized carbons (Fsp3) is 0.364. The molecule has 0 bridgehead atoms. The van der Waals surface area contributed by atoms with Gasteiger partial charge >= 0.3 is 0 Å². The zero-order valence-corrected chi connectivity index (χ0v) is 14.1. The molecule has 0 amide bonds. The van der Waals surface area contributed by atoms with E-state index in [0.717, 1.165) is 0 Å². The number of sulfonamides is 1. The first-order chi connectivity index (χ1) is 9.75. The topological polar surface area (TPSA) is 63.5 Å². The minimum Gasteiger partial charge on any atom is -0.288 e. The van der Waals surface area contributed by atoms with Crippen LogP contribution in [0.3, 0.4) is 0 Å². The molecule has 0 spiro atoms. The number of hydrogen-bond acceptors (Lipinski definition) is 3. The highest BCUT2D eigenvalue weighted by Crippen LogP contribution is 2.42. The number of rotatable bonds is 4. The summed E-state index contributed by atoms with van der Waals surface area (Å²) in [7, 11) is -4.07. The van der Waals surface area contributed by atoms with E-state index >= 15 is 0 Å². The lowest BCUT2D eigenvalue weighted by Gasteiger charge is -2.16. The fourth-order valence-electron chi connectivity index (χ4n) is 1.98. The van der Waals surface area contributed by atoms with Crippen LogP contribution < -0.4 is 4.72 Å². The number of pyridine rings is 1. The highest BCUT2D eigenvalue weighted by molar-refractivity contribution is 14.1. The number of nitrogens with one attached hydrogen (secondary N) is 1. The van der Waals surface area contributed by atoms with Gasteiger partial charge in [0.15, 0.2) is 0 Å². The van der Waals surface area contributed by atoms with Crippen LogP contribution in [-0.2, 0) is 10.0 Å². The van der Waals surface area contributed by atoms with E-state index in [0.29, 0.717) is 9.22 Å². The van der Waals surface area contributed by atoms with Crippen LogP contribution in [0.15, 0.2) is 23.4 Å². The lowest BCUT2D eigenvalue weighted by Crippen LogP contribution is -2.42. The Morgan fingerprint density at radius 2 is 2.10 bits per heavy atom. The Morgan fingerprint density at radius 1 is 1.43 bits per heavy atom. The van der Waals surface area contributed by atoms with Crippen LogP contribution in [0.2, 0.25) is 5.15 Å². The molecule has 0 saturated heterocycles. The molecular weight excluding hydrogens is 439 g/mol. The first-order valence-corrected chi connectivity index (χ1v) is 8.83. The molecule has 1 aliphatic carbocycles. The predicted octanol–water partition coefficient (Wildman–Crippen LogP) is 2.67. The molecule has 114 valence electrons. The van der Waals surface area contributed by atoms with Gasteiger partial charge in [-0.3, -0.25) is 4.40 Å². The van der Waals surface area contributed by atoms with Gasteiger partial charge in [0, 0.05) is 0 Å². The number of imidazole rings is 1. The summed E-state index contributed by atoms with van der Waals surface area (Å²) < 4.78 is 54.6. The zero-order valence-electron chi connectivity index (χ0n) is 10.4. The third kappa shape index (κ3) is 2.64. The minimum atomic E-state index is -4.07. The molecular formula is C11H9ClF2IN3O2S. The van der Waals surface area contributed by atoms with Crippen molar-refractivity contribution in [2.75, 3.05) is 0 Å². The van der Waals surface area contributed by atoms with Crippen molar-refractivity contribution in [3.8, 4) is 0 Å². The summed E-state index contributed by atoms with van der Waals surface area (Å²) >= 11 is 7.95. The zero-order chi connectivity index (χ0) is 15.4. The second kappa shape index (κ2) is 5.00. The monoisotopic (exact) mass is 447 g/mol. The maximum atomic E-state index is 12.9. The SMILES string of the molecule is O=S(=O)(NC1(C(F)F)CC1)c1cc(Cl)n2cnc(I)c2c1. The summed E-state index contributed by atoms with van der Waals surface area (Å²) in [6.07, 6.45) is -1.01. The van der Waals surface area contributed by atoms with E-state index in [4.69, 9.17) is 11.6 Å². The lowest BCUT2D eigenvalue weighted by atomic mass is 10.3. The van der Waals surface area contributed by atoms with Gasteiger partial charge in [-0.1, -0.05) is 11.6 Å². The summed E-state index contributed by atoms with van der Waals surface area (Å²) in [4.78, 5) is 3.88. The molecule has 21 heavy (non-hydrogen) atoms. The third-order valence-electron chi connectivity index (χ3n) is 3.38. The van der Waals surface area contributed by atoms with Gasteiger partial charge in [-0.15, -0.1) is 0 Å². The number of alkyl halides is 2. The molecule has 0 aromatic carbocycles. The van der Waals surface area contributed by atoms with Gasteiger partial charge < -0.3 is 0 Å². The van der Waals surface area contributed by atoms with Crippen molar-refractivity contribution in [2.45, 2.75) is 29.7 Å². The van der Waals surface area contributed by atoms with Gasteiger partial charge in [0.1, 0.15) is 15.2 Å². The van der Waals surface area contributed by atoms with Crippen molar-refractivity contribution in [2.24, 2.45) is 0 Å². The van der Waals surface area contributed by atoms with E-state index in [-0.39, 0.29) is 22.9 Å². The first kappa shape index (κ1) is 15.4. The average Bonchev–Trinajstić information content (AvgIpc) is 3.07. The molecule has 0 aliphatic heterocycles. The van der Waals surface area contributed by atoms with E-state index in [1.54, 1.807) is 0 Å². The maximum Gasteiger partial charge on any atom is 0.257 e. The Labute approximate surface area is 137 Å². The first-order valence-electron chi connectivity index (χ1n) is 5.89. The maximum absolute atomic E-state index is 12.9. The van der Waals surface area contributed by atoms with E-state index in [1.807, 2.05) is 22.6 Å². The summed E-state index contributed by atoms with van der Waals surface area (Å²) in [6, 6.07) is 2.58. The number of hydrogen-bond donors (Lipinski definition) is 1. The number of aromatic nitrogens is 2. The number of fused-ring (bicyclic) bond motifs is 1. The third-order valence-corrected chi connectivity index (χ3v) is 6.04. The van der Waals surface area contributed by atoms with Crippen molar-refractivity contribution >= 4 is 49.7 Å². The highest BCUT2D eigenvalue weighted by atomic mass is 127. The van der Waals surface area contributed by atoms with Crippen molar-refractivity contribution in [3.05, 3.63) is 27.3 Å². The van der Waals surface area contributed by atoms with Crippen LogP contribution in [-0.4, -0.2) is 29.8 Å². The molecule has 0 radical (unpaired) electrons. The van der Waals surface area contributed by atoms with E-state index < -0.39 is 22.0 Å². The van der Waals surface area contributed by atoms with Gasteiger partial charge in [-0.25, -0.2) is 22.2 Å². The molecule has 2 aromatic heterocycles. The second-order valence-electron chi connectivity index (χ2n) is 4.87. The Hall–Kier alpha value is -0.520. The number of halogens is 4. The Balaban J connectivity index is 2.05. The van der Waals surface area contributed by atoms with Crippen LogP contribution in [0.1, 0.15) is 12.8 Å². The van der Waals surface area contributed by atoms with E-state index in [2.05, 4.69) is 9.71 Å². The van der Waals surface area contributed by atoms with Gasteiger partial charge in [0.2, 0.25) is 10.0 Å². The molecule has 1 fully saturated rings. The summed E-state index contributed by atoms with van der Waals surface area (Å²) in [5.74, 6) is 0. The Kier molecular flexibility index (Phi) is 3.66. The van der Waals surface area contributed by atoms with Gasteiger partial charge in [0.25, 0.3) is 6.43 Å². The molecule has 1 saturated carbocycles. The lowest BCUT2D eigenvalue weighted by molar-refractivity contribution is 0.0970. The highest BCUT2D eigenvalue weighted by Gasteiger charge is 2.53. The number of nitrogens with zero attached hydrogens (tertiary/aromatic N) is 2. The molecule has 3 rings (SSSR count). The smallest absolute Gasteiger partial charge is 0.257 e. The summed E-state index contributed by atoms with van der Waals surface area (Å²) in [5.41, 5.74) is -1.13. The van der Waals surface area contributed by atoms with Crippen LogP contribution in [0.4, 0.5) is 8.78 Å². The summed E-state index contributed by atoms with van der Waals surface area (Å²) in [5, 5.41) is 0.144. The predicted molar refractivity (Wildman–Crippen MR) is 81.2 cm³/mol. The van der Waals surface area contributed by atoms with E-state index in [1.165, 1.54) is 22.9 Å². The Bertz CT molecular complexity index is 820. The van der Waals surface area contributed by atoms with Crippen LogP contribution in [0.25, 0.3) is 5.52 Å². The van der Waals surface area contributed by atoms with Crippen molar-refractivity contribution in [1.82, 2.24) is 14.1 Å². The quantitative estimate of drug-likeness (QED) is 0.579.